The summed E-state index contributed by atoms with van der Waals surface area (Å²) in [6, 6.07) is 10.7. The van der Waals surface area contributed by atoms with E-state index < -0.39 is 41.3 Å². The molecule has 0 aliphatic rings. The fraction of sp³-hybridized carbons (Fsp3) is 0.308. The van der Waals surface area contributed by atoms with Crippen molar-refractivity contribution in [2.75, 3.05) is 0 Å². The Bertz CT molecular complexity index is 1260. The van der Waals surface area contributed by atoms with E-state index in [0.717, 1.165) is 12.1 Å². The average molecular weight is 507 g/mol. The first-order valence-electron chi connectivity index (χ1n) is 11.0. The topological polar surface area (TPSA) is 84.9 Å². The van der Waals surface area contributed by atoms with Crippen molar-refractivity contribution in [2.24, 2.45) is 5.41 Å². The first-order chi connectivity index (χ1) is 16.8. The van der Waals surface area contributed by atoms with E-state index in [2.05, 4.69) is 10.1 Å². The predicted molar refractivity (Wildman–Crippen MR) is 124 cm³/mol. The molecule has 0 aromatic heterocycles. The van der Waals surface area contributed by atoms with E-state index in [9.17, 15) is 32.3 Å². The molecule has 3 aromatic carbocycles. The van der Waals surface area contributed by atoms with Crippen LogP contribution in [-0.2, 0) is 11.4 Å². The Hall–Kier alpha value is -3.82. The van der Waals surface area contributed by atoms with Gasteiger partial charge in [-0.25, -0.2) is 9.18 Å². The number of carboxylic acids is 1. The van der Waals surface area contributed by atoms with Crippen LogP contribution in [0.25, 0.3) is 10.8 Å². The normalized spacial score (nSPS) is 12.8. The smallest absolute Gasteiger partial charge is 0.487 e. The number of fused-ring (bicyclic) bond motifs is 1. The first kappa shape index (κ1) is 26.8. The molecule has 0 aliphatic carbocycles. The van der Waals surface area contributed by atoms with Crippen LogP contribution >= 0.6 is 0 Å². The van der Waals surface area contributed by atoms with Gasteiger partial charge in [-0.05, 0) is 53.1 Å². The summed E-state index contributed by atoms with van der Waals surface area (Å²) in [6.07, 6.45) is -4.35. The van der Waals surface area contributed by atoms with E-state index in [1.807, 2.05) is 0 Å². The lowest BCUT2D eigenvalue weighted by molar-refractivity contribution is -0.274. The average Bonchev–Trinajstić information content (AvgIpc) is 2.80. The van der Waals surface area contributed by atoms with Crippen molar-refractivity contribution < 1.29 is 41.7 Å². The molecule has 0 saturated heterocycles. The minimum absolute atomic E-state index is 0.0109. The third-order valence-electron chi connectivity index (χ3n) is 5.93. The quantitative estimate of drug-likeness (QED) is 0.343. The van der Waals surface area contributed by atoms with Gasteiger partial charge < -0.3 is 19.9 Å². The van der Waals surface area contributed by atoms with E-state index in [1.54, 1.807) is 26.8 Å². The summed E-state index contributed by atoms with van der Waals surface area (Å²) in [7, 11) is 0. The lowest BCUT2D eigenvalue weighted by Crippen LogP contribution is -2.50. The zero-order valence-electron chi connectivity index (χ0n) is 19.8. The Morgan fingerprint density at radius 1 is 1.03 bits per heavy atom. The third-order valence-corrected chi connectivity index (χ3v) is 5.93. The monoisotopic (exact) mass is 507 g/mol. The molecule has 3 aromatic rings. The minimum atomic E-state index is -4.83. The maximum Gasteiger partial charge on any atom is 0.573 e. The van der Waals surface area contributed by atoms with Gasteiger partial charge in [0.25, 0.3) is 5.91 Å². The molecule has 0 spiro atoms. The van der Waals surface area contributed by atoms with Crippen LogP contribution in [0.4, 0.5) is 17.6 Å². The van der Waals surface area contributed by atoms with Crippen LogP contribution in [0.15, 0.2) is 54.6 Å². The van der Waals surface area contributed by atoms with Gasteiger partial charge in [0.15, 0.2) is 0 Å². The van der Waals surface area contributed by atoms with Gasteiger partial charge in [-0.1, -0.05) is 45.0 Å². The van der Waals surface area contributed by atoms with Gasteiger partial charge in [0.1, 0.15) is 30.0 Å². The van der Waals surface area contributed by atoms with Crippen LogP contribution in [0.1, 0.15) is 43.1 Å². The largest absolute Gasteiger partial charge is 0.573 e. The summed E-state index contributed by atoms with van der Waals surface area (Å²) in [4.78, 5) is 25.1. The molecule has 0 aliphatic heterocycles. The fourth-order valence-corrected chi connectivity index (χ4v) is 3.55. The number of aliphatic carboxylic acids is 1. The number of amides is 1. The van der Waals surface area contributed by atoms with E-state index in [1.165, 1.54) is 36.4 Å². The lowest BCUT2D eigenvalue weighted by atomic mass is 9.81. The van der Waals surface area contributed by atoms with Crippen molar-refractivity contribution >= 4 is 22.6 Å². The molecule has 3 rings (SSSR count). The van der Waals surface area contributed by atoms with Gasteiger partial charge in [-0.15, -0.1) is 13.2 Å². The van der Waals surface area contributed by atoms with E-state index in [0.29, 0.717) is 17.4 Å². The molecule has 10 heteroatoms. The van der Waals surface area contributed by atoms with Gasteiger partial charge in [0.05, 0.1) is 5.56 Å². The molecule has 0 bridgehead atoms. The summed E-state index contributed by atoms with van der Waals surface area (Å²) in [5.41, 5.74) is -0.311. The van der Waals surface area contributed by atoms with Crippen molar-refractivity contribution in [3.05, 3.63) is 71.5 Å². The highest BCUT2D eigenvalue weighted by Gasteiger charge is 2.36. The maximum atomic E-state index is 14.1. The van der Waals surface area contributed by atoms with Crippen LogP contribution in [0, 0.1) is 11.2 Å². The standard InChI is InChI=1S/C26H25F4NO5/c1-4-25(2,3)22(24(33)34)31-23(32)19-12-8-16-7-9-17(27)13-20(16)21(19)35-14-15-5-10-18(11-6-15)36-26(28,29)30/h5-13,22H,4,14H2,1-3H3,(H,31,32)(H,33,34). The molecular formula is C26H25F4NO5. The zero-order chi connectivity index (χ0) is 26.7. The molecule has 0 radical (unpaired) electrons. The van der Waals surface area contributed by atoms with Gasteiger partial charge in [0.2, 0.25) is 0 Å². The highest BCUT2D eigenvalue weighted by molar-refractivity contribution is 6.05. The molecule has 2 N–H and O–H groups in total. The Balaban J connectivity index is 1.94. The molecule has 1 atom stereocenters. The van der Waals surface area contributed by atoms with Crippen LogP contribution in [0.2, 0.25) is 0 Å². The Labute approximate surface area is 204 Å². The summed E-state index contributed by atoms with van der Waals surface area (Å²) in [6.45, 7) is 5.07. The number of benzene rings is 3. The molecule has 192 valence electrons. The van der Waals surface area contributed by atoms with Gasteiger partial charge in [-0.2, -0.15) is 0 Å². The van der Waals surface area contributed by atoms with Crippen molar-refractivity contribution in [3.63, 3.8) is 0 Å². The summed E-state index contributed by atoms with van der Waals surface area (Å²) in [5.74, 6) is -2.89. The molecule has 6 nitrogen and oxygen atoms in total. The molecule has 0 saturated carbocycles. The highest BCUT2D eigenvalue weighted by atomic mass is 19.4. The van der Waals surface area contributed by atoms with Crippen LogP contribution in [0.5, 0.6) is 11.5 Å². The number of carbonyl (C=O) groups excluding carboxylic acids is 1. The van der Waals surface area contributed by atoms with Crippen LogP contribution in [-0.4, -0.2) is 29.4 Å². The number of carbonyl (C=O) groups is 2. The van der Waals surface area contributed by atoms with Crippen molar-refractivity contribution in [1.82, 2.24) is 5.32 Å². The number of carboxylic acid groups (broad SMARTS) is 1. The second kappa shape index (κ2) is 10.4. The SMILES string of the molecule is CCC(C)(C)C(NC(=O)c1ccc2ccc(F)cc2c1OCc1ccc(OC(F)(F)F)cc1)C(=O)O. The molecule has 0 heterocycles. The molecule has 36 heavy (non-hydrogen) atoms. The van der Waals surface area contributed by atoms with Crippen molar-refractivity contribution in [1.29, 1.82) is 0 Å². The minimum Gasteiger partial charge on any atom is -0.487 e. The van der Waals surface area contributed by atoms with Crippen LogP contribution in [0.3, 0.4) is 0 Å². The molecule has 1 amide bonds. The third kappa shape index (κ3) is 6.44. The number of alkyl halides is 3. The molecule has 0 fully saturated rings. The van der Waals surface area contributed by atoms with Gasteiger partial charge >= 0.3 is 12.3 Å². The van der Waals surface area contributed by atoms with E-state index in [-0.39, 0.29) is 23.3 Å². The van der Waals surface area contributed by atoms with Gasteiger partial charge in [-0.3, -0.25) is 4.79 Å². The van der Waals surface area contributed by atoms with E-state index >= 15 is 0 Å². The number of halogens is 4. The second-order valence-corrected chi connectivity index (χ2v) is 8.87. The van der Waals surface area contributed by atoms with E-state index in [4.69, 9.17) is 4.74 Å². The highest BCUT2D eigenvalue weighted by Crippen LogP contribution is 2.33. The fourth-order valence-electron chi connectivity index (χ4n) is 3.55. The second-order valence-electron chi connectivity index (χ2n) is 8.87. The Morgan fingerprint density at radius 2 is 1.67 bits per heavy atom. The summed E-state index contributed by atoms with van der Waals surface area (Å²) >= 11 is 0. The van der Waals surface area contributed by atoms with Crippen molar-refractivity contribution in [3.8, 4) is 11.5 Å². The number of rotatable bonds is 9. The predicted octanol–water partition coefficient (Wildman–Crippen LogP) is 6.08. The zero-order valence-corrected chi connectivity index (χ0v) is 19.8. The number of hydrogen-bond acceptors (Lipinski definition) is 4. The molecule has 1 unspecified atom stereocenters. The Kier molecular flexibility index (Phi) is 7.76. The first-order valence-corrected chi connectivity index (χ1v) is 11.0. The van der Waals surface area contributed by atoms with Crippen LogP contribution < -0.4 is 14.8 Å². The van der Waals surface area contributed by atoms with Gasteiger partial charge in [0, 0.05) is 5.39 Å². The Morgan fingerprint density at radius 3 is 2.25 bits per heavy atom. The maximum absolute atomic E-state index is 14.1. The molecular weight excluding hydrogens is 482 g/mol. The van der Waals surface area contributed by atoms with Crippen molar-refractivity contribution in [2.45, 2.75) is 46.2 Å². The summed E-state index contributed by atoms with van der Waals surface area (Å²) < 4.78 is 61.0. The number of ether oxygens (including phenoxy) is 2. The number of hydrogen-bond donors (Lipinski definition) is 2. The lowest BCUT2D eigenvalue weighted by Gasteiger charge is -2.31. The summed E-state index contributed by atoms with van der Waals surface area (Å²) in [5, 5.41) is 13.1. The number of nitrogens with one attached hydrogen (secondary N) is 1.